The van der Waals surface area contributed by atoms with E-state index in [9.17, 15) is 31.1 Å². The Bertz CT molecular complexity index is 671. The second-order valence-corrected chi connectivity index (χ2v) is 6.50. The molecule has 1 aliphatic carbocycles. The molecule has 0 aliphatic heterocycles. The van der Waals surface area contributed by atoms with E-state index >= 15 is 0 Å². The van der Waals surface area contributed by atoms with Crippen molar-refractivity contribution >= 4 is 6.03 Å². The highest BCUT2D eigenvalue weighted by atomic mass is 19.4. The van der Waals surface area contributed by atoms with Gasteiger partial charge in [0, 0.05) is 24.8 Å². The highest BCUT2D eigenvalue weighted by Gasteiger charge is 2.62. The average molecular weight is 399 g/mol. The van der Waals surface area contributed by atoms with Crippen LogP contribution in [0.25, 0.3) is 0 Å². The minimum absolute atomic E-state index is 0.0397. The van der Waals surface area contributed by atoms with Crippen molar-refractivity contribution in [2.45, 2.75) is 45.1 Å². The molecule has 0 saturated heterocycles. The number of aryl methyl sites for hydroxylation is 1. The average Bonchev–Trinajstić information content (AvgIpc) is 3.31. The Kier molecular flexibility index (Phi) is 6.10. The third kappa shape index (κ3) is 6.47. The van der Waals surface area contributed by atoms with Crippen molar-refractivity contribution in [1.29, 1.82) is 0 Å². The van der Waals surface area contributed by atoms with Crippen LogP contribution in [-0.2, 0) is 6.54 Å². The van der Waals surface area contributed by atoms with Gasteiger partial charge in [-0.1, -0.05) is 0 Å². The molecule has 0 aromatic carbocycles. The number of halogens is 6. The normalized spacial score (nSPS) is 16.0. The number of carbonyl (C=O) groups excluding carboxylic acids is 1. The molecule has 11 heteroatoms. The Morgan fingerprint density at radius 1 is 1.19 bits per heavy atom. The van der Waals surface area contributed by atoms with E-state index in [1.165, 1.54) is 6.07 Å². The van der Waals surface area contributed by atoms with Crippen LogP contribution in [0.3, 0.4) is 0 Å². The first-order valence-corrected chi connectivity index (χ1v) is 8.16. The van der Waals surface area contributed by atoms with Crippen LogP contribution < -0.4 is 15.4 Å². The second-order valence-electron chi connectivity index (χ2n) is 6.50. The predicted octanol–water partition coefficient (Wildman–Crippen LogP) is 3.86. The molecule has 2 rings (SSSR count). The zero-order chi connectivity index (χ0) is 20.3. The summed E-state index contributed by atoms with van der Waals surface area (Å²) in [7, 11) is 0. The van der Waals surface area contributed by atoms with Crippen molar-refractivity contribution in [2.24, 2.45) is 5.41 Å². The maximum absolute atomic E-state index is 12.8. The van der Waals surface area contributed by atoms with Crippen LogP contribution in [0.1, 0.15) is 30.5 Å². The van der Waals surface area contributed by atoms with E-state index in [0.29, 0.717) is 11.3 Å². The Balaban J connectivity index is 1.78. The van der Waals surface area contributed by atoms with Gasteiger partial charge in [-0.15, -0.1) is 0 Å². The summed E-state index contributed by atoms with van der Waals surface area (Å²) in [6.07, 6.45) is -8.83. The minimum Gasteiger partial charge on any atom is -0.468 e. The van der Waals surface area contributed by atoms with Crippen molar-refractivity contribution in [2.75, 3.05) is 13.2 Å². The van der Waals surface area contributed by atoms with Gasteiger partial charge in [0.2, 0.25) is 5.88 Å². The van der Waals surface area contributed by atoms with Gasteiger partial charge >= 0.3 is 18.4 Å². The summed E-state index contributed by atoms with van der Waals surface area (Å²) in [6, 6.07) is 2.13. The van der Waals surface area contributed by atoms with Crippen LogP contribution in [0, 0.1) is 12.3 Å². The van der Waals surface area contributed by atoms with E-state index in [1.54, 1.807) is 13.0 Å². The van der Waals surface area contributed by atoms with Crippen molar-refractivity contribution in [1.82, 2.24) is 15.6 Å². The van der Waals surface area contributed by atoms with Crippen LogP contribution in [-0.4, -0.2) is 36.5 Å². The quantitative estimate of drug-likeness (QED) is 0.685. The molecule has 2 amide bonds. The van der Waals surface area contributed by atoms with Crippen LogP contribution >= 0.6 is 0 Å². The molecular formula is C16H19F6N3O2. The SMILES string of the molecule is Cc1cc(CNC(=O)NCCC2(C(F)(F)F)CC2)cc(OCC(F)(F)F)n1. The molecule has 1 aromatic heterocycles. The standard InChI is InChI=1S/C16H19F6N3O2/c1-10-6-11(7-12(25-10)27-9-15(17,18)19)8-24-13(26)23-5-4-14(2-3-14)16(20,21)22/h6-7H,2-5,8-9H2,1H3,(H2,23,24,26). The van der Waals surface area contributed by atoms with Gasteiger partial charge < -0.3 is 15.4 Å². The number of alkyl halides is 6. The summed E-state index contributed by atoms with van der Waals surface area (Å²) < 4.78 is 79.5. The first-order valence-electron chi connectivity index (χ1n) is 8.16. The van der Waals surface area contributed by atoms with E-state index in [1.807, 2.05) is 0 Å². The lowest BCUT2D eigenvalue weighted by molar-refractivity contribution is -0.188. The van der Waals surface area contributed by atoms with Crippen molar-refractivity contribution in [3.05, 3.63) is 23.4 Å². The van der Waals surface area contributed by atoms with Gasteiger partial charge in [-0.05, 0) is 37.8 Å². The Morgan fingerprint density at radius 3 is 2.41 bits per heavy atom. The lowest BCUT2D eigenvalue weighted by Crippen LogP contribution is -2.37. The summed E-state index contributed by atoms with van der Waals surface area (Å²) in [4.78, 5) is 15.5. The van der Waals surface area contributed by atoms with Crippen LogP contribution in [0.5, 0.6) is 5.88 Å². The fourth-order valence-corrected chi connectivity index (χ4v) is 2.52. The molecule has 1 fully saturated rings. The summed E-state index contributed by atoms with van der Waals surface area (Å²) >= 11 is 0. The lowest BCUT2D eigenvalue weighted by Gasteiger charge is -2.19. The predicted molar refractivity (Wildman–Crippen MR) is 83.1 cm³/mol. The summed E-state index contributed by atoms with van der Waals surface area (Å²) in [5.74, 6) is -0.231. The van der Waals surface area contributed by atoms with Gasteiger partial charge in [0.05, 0.1) is 5.41 Å². The van der Waals surface area contributed by atoms with E-state index in [-0.39, 0.29) is 38.2 Å². The summed E-state index contributed by atoms with van der Waals surface area (Å²) in [5, 5.41) is 4.78. The lowest BCUT2D eigenvalue weighted by atomic mass is 10.0. The van der Waals surface area contributed by atoms with Gasteiger partial charge in [0.25, 0.3) is 0 Å². The second kappa shape index (κ2) is 7.81. The number of urea groups is 1. The molecular weight excluding hydrogens is 380 g/mol. The van der Waals surface area contributed by atoms with Gasteiger partial charge in [-0.2, -0.15) is 26.3 Å². The number of ether oxygens (including phenoxy) is 1. The molecule has 1 aromatic rings. The summed E-state index contributed by atoms with van der Waals surface area (Å²) in [6.45, 7) is -0.101. The molecule has 0 spiro atoms. The molecule has 1 aliphatic rings. The molecule has 2 N–H and O–H groups in total. The fraction of sp³-hybridized carbons (Fsp3) is 0.625. The number of hydrogen-bond donors (Lipinski definition) is 2. The van der Waals surface area contributed by atoms with Crippen LogP contribution in [0.15, 0.2) is 12.1 Å². The van der Waals surface area contributed by atoms with E-state index in [0.717, 1.165) is 0 Å². The molecule has 0 radical (unpaired) electrons. The number of carbonyl (C=O) groups is 1. The van der Waals surface area contributed by atoms with Crippen molar-refractivity contribution in [3.8, 4) is 5.88 Å². The Labute approximate surface area is 151 Å². The molecule has 152 valence electrons. The number of amides is 2. The Hall–Kier alpha value is -2.20. The molecule has 5 nitrogen and oxygen atoms in total. The van der Waals surface area contributed by atoms with Gasteiger partial charge in [-0.3, -0.25) is 0 Å². The zero-order valence-corrected chi connectivity index (χ0v) is 14.4. The maximum Gasteiger partial charge on any atom is 0.422 e. The van der Waals surface area contributed by atoms with Crippen molar-refractivity contribution in [3.63, 3.8) is 0 Å². The van der Waals surface area contributed by atoms with E-state index in [2.05, 4.69) is 20.4 Å². The van der Waals surface area contributed by atoms with Gasteiger partial charge in [-0.25, -0.2) is 9.78 Å². The third-order valence-corrected chi connectivity index (χ3v) is 4.17. The van der Waals surface area contributed by atoms with Crippen LogP contribution in [0.4, 0.5) is 31.1 Å². The Morgan fingerprint density at radius 2 is 1.85 bits per heavy atom. The highest BCUT2D eigenvalue weighted by molar-refractivity contribution is 5.73. The third-order valence-electron chi connectivity index (χ3n) is 4.17. The number of pyridine rings is 1. The number of nitrogens with zero attached hydrogens (tertiary/aromatic N) is 1. The number of aromatic nitrogens is 1. The molecule has 27 heavy (non-hydrogen) atoms. The zero-order valence-electron chi connectivity index (χ0n) is 14.4. The first-order chi connectivity index (χ1) is 12.4. The highest BCUT2D eigenvalue weighted by Crippen LogP contribution is 2.59. The monoisotopic (exact) mass is 399 g/mol. The number of rotatable bonds is 7. The first kappa shape index (κ1) is 21.1. The molecule has 0 unspecified atom stereocenters. The molecule has 0 atom stereocenters. The van der Waals surface area contributed by atoms with Gasteiger partial charge in [0.1, 0.15) is 0 Å². The molecule has 1 heterocycles. The fourth-order valence-electron chi connectivity index (χ4n) is 2.52. The smallest absolute Gasteiger partial charge is 0.422 e. The number of nitrogens with one attached hydrogen (secondary N) is 2. The molecule has 1 saturated carbocycles. The van der Waals surface area contributed by atoms with E-state index in [4.69, 9.17) is 0 Å². The minimum atomic E-state index is -4.50. The largest absolute Gasteiger partial charge is 0.468 e. The number of hydrogen-bond acceptors (Lipinski definition) is 3. The van der Waals surface area contributed by atoms with Crippen molar-refractivity contribution < 1.29 is 35.9 Å². The van der Waals surface area contributed by atoms with Gasteiger partial charge in [0.15, 0.2) is 6.61 Å². The topological polar surface area (TPSA) is 63.2 Å². The van der Waals surface area contributed by atoms with Crippen LogP contribution in [0.2, 0.25) is 0 Å². The van der Waals surface area contributed by atoms with E-state index < -0.39 is 30.4 Å². The maximum atomic E-state index is 12.8. The molecule has 0 bridgehead atoms. The summed E-state index contributed by atoms with van der Waals surface area (Å²) in [5.41, 5.74) is -0.843.